The van der Waals surface area contributed by atoms with E-state index in [2.05, 4.69) is 9.97 Å². The Morgan fingerprint density at radius 2 is 1.81 bits per heavy atom. The summed E-state index contributed by atoms with van der Waals surface area (Å²) in [6.07, 6.45) is -4.72. The Bertz CT molecular complexity index is 1030. The topological polar surface area (TPSA) is 105 Å². The van der Waals surface area contributed by atoms with Crippen molar-refractivity contribution in [2.75, 3.05) is 11.5 Å². The van der Waals surface area contributed by atoms with Crippen molar-refractivity contribution >= 4 is 22.8 Å². The van der Waals surface area contributed by atoms with Gasteiger partial charge in [0, 0.05) is 11.7 Å². The molecular formula is C16H17F3N6O. The zero-order chi connectivity index (χ0) is 19.2. The van der Waals surface area contributed by atoms with Crippen LogP contribution in [0.4, 0.5) is 24.8 Å². The third-order valence-electron chi connectivity index (χ3n) is 3.98. The van der Waals surface area contributed by atoms with Crippen LogP contribution in [0.25, 0.3) is 11.2 Å². The van der Waals surface area contributed by atoms with Crippen molar-refractivity contribution in [2.45, 2.75) is 32.6 Å². The minimum atomic E-state index is -4.72. The van der Waals surface area contributed by atoms with Crippen LogP contribution in [-0.4, -0.2) is 19.1 Å². The molecule has 7 nitrogen and oxygen atoms in total. The van der Waals surface area contributed by atoms with Gasteiger partial charge in [-0.25, -0.2) is 4.98 Å². The van der Waals surface area contributed by atoms with E-state index in [-0.39, 0.29) is 23.7 Å². The number of hydrogen-bond acceptors (Lipinski definition) is 5. The van der Waals surface area contributed by atoms with Crippen LogP contribution >= 0.6 is 0 Å². The van der Waals surface area contributed by atoms with E-state index < -0.39 is 23.6 Å². The molecular weight excluding hydrogens is 349 g/mol. The Morgan fingerprint density at radius 1 is 1.15 bits per heavy atom. The van der Waals surface area contributed by atoms with Crippen LogP contribution in [0.2, 0.25) is 0 Å². The monoisotopic (exact) mass is 366 g/mol. The highest BCUT2D eigenvalue weighted by molar-refractivity contribution is 5.72. The highest BCUT2D eigenvalue weighted by Crippen LogP contribution is 2.32. The third-order valence-corrected chi connectivity index (χ3v) is 3.98. The van der Waals surface area contributed by atoms with Gasteiger partial charge in [-0.2, -0.15) is 18.2 Å². The molecule has 3 aromatic rings. The number of nitrogens with zero attached hydrogens (tertiary/aromatic N) is 4. The summed E-state index contributed by atoms with van der Waals surface area (Å²) >= 11 is 0. The normalized spacial score (nSPS) is 12.2. The first-order valence-corrected chi connectivity index (χ1v) is 7.80. The van der Waals surface area contributed by atoms with Crippen molar-refractivity contribution in [1.82, 2.24) is 19.1 Å². The van der Waals surface area contributed by atoms with Gasteiger partial charge in [0.15, 0.2) is 11.2 Å². The lowest BCUT2D eigenvalue weighted by Gasteiger charge is -2.15. The van der Waals surface area contributed by atoms with Crippen LogP contribution in [0, 0.1) is 0 Å². The van der Waals surface area contributed by atoms with Crippen molar-refractivity contribution in [3.63, 3.8) is 0 Å². The maximum Gasteiger partial charge on any atom is 0.449 e. The number of aromatic nitrogens is 4. The molecule has 0 atom stereocenters. The van der Waals surface area contributed by atoms with Gasteiger partial charge in [0.25, 0.3) is 5.56 Å². The molecule has 2 aromatic heterocycles. The number of imidazole rings is 1. The summed E-state index contributed by atoms with van der Waals surface area (Å²) in [5, 5.41) is 0. The summed E-state index contributed by atoms with van der Waals surface area (Å²) in [6.45, 7) is 3.07. The maximum absolute atomic E-state index is 13.3. The summed E-state index contributed by atoms with van der Waals surface area (Å²) < 4.78 is 41.9. The molecule has 4 N–H and O–H groups in total. The molecule has 1 aromatic carbocycles. The summed E-state index contributed by atoms with van der Waals surface area (Å²) in [5.74, 6) is -1.38. The summed E-state index contributed by atoms with van der Waals surface area (Å²) in [7, 11) is 0. The Kier molecular flexibility index (Phi) is 4.13. The van der Waals surface area contributed by atoms with Crippen LogP contribution in [0.1, 0.15) is 31.3 Å². The average molecular weight is 366 g/mol. The number of anilines is 2. The zero-order valence-corrected chi connectivity index (χ0v) is 14.1. The first-order valence-electron chi connectivity index (χ1n) is 7.80. The van der Waals surface area contributed by atoms with E-state index in [1.807, 2.05) is 0 Å². The van der Waals surface area contributed by atoms with Crippen LogP contribution in [0.15, 0.2) is 29.1 Å². The van der Waals surface area contributed by atoms with Gasteiger partial charge in [-0.05, 0) is 25.5 Å². The van der Waals surface area contributed by atoms with Crippen molar-refractivity contribution < 1.29 is 13.2 Å². The molecule has 0 aliphatic rings. The Balaban J connectivity index is 2.26. The van der Waals surface area contributed by atoms with E-state index in [9.17, 15) is 18.0 Å². The number of fused-ring (bicyclic) bond motifs is 1. The smallest absolute Gasteiger partial charge is 0.398 e. The van der Waals surface area contributed by atoms with E-state index in [0.29, 0.717) is 11.3 Å². The molecule has 10 heteroatoms. The lowest BCUT2D eigenvalue weighted by molar-refractivity contribution is -0.147. The van der Waals surface area contributed by atoms with Gasteiger partial charge >= 0.3 is 6.18 Å². The molecule has 0 saturated carbocycles. The summed E-state index contributed by atoms with van der Waals surface area (Å²) in [5.41, 5.74) is 11.4. The Labute approximate surface area is 146 Å². The molecule has 0 fully saturated rings. The van der Waals surface area contributed by atoms with Crippen molar-refractivity contribution in [3.05, 3.63) is 46.0 Å². The van der Waals surface area contributed by atoms with Crippen LogP contribution in [-0.2, 0) is 12.7 Å². The number of hydrogen-bond donors (Lipinski definition) is 2. The Hall–Kier alpha value is -3.04. The highest BCUT2D eigenvalue weighted by atomic mass is 19.4. The first kappa shape index (κ1) is 17.8. The van der Waals surface area contributed by atoms with Gasteiger partial charge in [-0.1, -0.05) is 18.2 Å². The fourth-order valence-electron chi connectivity index (χ4n) is 2.77. The largest absolute Gasteiger partial charge is 0.449 e. The van der Waals surface area contributed by atoms with E-state index in [1.54, 1.807) is 38.1 Å². The summed E-state index contributed by atoms with van der Waals surface area (Å²) in [6, 6.07) is 6.20. The van der Waals surface area contributed by atoms with E-state index in [4.69, 9.17) is 11.5 Å². The molecule has 0 spiro atoms. The number of para-hydroxylation sites is 1. The molecule has 0 unspecified atom stereocenters. The SMILES string of the molecule is CC(C)n1c(C(F)(F)F)nc2c(=O)n(Cc3ccccc3N)c(N)nc21. The molecule has 0 bridgehead atoms. The van der Waals surface area contributed by atoms with Crippen LogP contribution in [0.5, 0.6) is 0 Å². The zero-order valence-electron chi connectivity index (χ0n) is 14.1. The van der Waals surface area contributed by atoms with E-state index in [1.165, 1.54) is 0 Å². The predicted molar refractivity (Wildman–Crippen MR) is 91.5 cm³/mol. The van der Waals surface area contributed by atoms with Gasteiger partial charge in [-0.3, -0.25) is 9.36 Å². The van der Waals surface area contributed by atoms with E-state index >= 15 is 0 Å². The minimum absolute atomic E-state index is 0.0177. The van der Waals surface area contributed by atoms with Gasteiger partial charge in [0.2, 0.25) is 11.8 Å². The van der Waals surface area contributed by atoms with Crippen molar-refractivity contribution in [1.29, 1.82) is 0 Å². The number of nitrogen functional groups attached to an aromatic ring is 2. The highest BCUT2D eigenvalue weighted by Gasteiger charge is 2.39. The maximum atomic E-state index is 13.3. The minimum Gasteiger partial charge on any atom is -0.398 e. The van der Waals surface area contributed by atoms with Gasteiger partial charge < -0.3 is 16.0 Å². The number of alkyl halides is 3. The molecule has 0 aliphatic heterocycles. The average Bonchev–Trinajstić information content (AvgIpc) is 2.93. The molecule has 138 valence electrons. The lowest BCUT2D eigenvalue weighted by atomic mass is 10.2. The van der Waals surface area contributed by atoms with Crippen LogP contribution in [0.3, 0.4) is 0 Å². The number of benzene rings is 1. The van der Waals surface area contributed by atoms with E-state index in [0.717, 1.165) is 9.13 Å². The number of halogens is 3. The fourth-order valence-corrected chi connectivity index (χ4v) is 2.77. The predicted octanol–water partition coefficient (Wildman–Crippen LogP) is 2.41. The molecule has 3 rings (SSSR count). The van der Waals surface area contributed by atoms with Gasteiger partial charge in [-0.15, -0.1) is 0 Å². The quantitative estimate of drug-likeness (QED) is 0.693. The molecule has 2 heterocycles. The molecule has 26 heavy (non-hydrogen) atoms. The summed E-state index contributed by atoms with van der Waals surface area (Å²) in [4.78, 5) is 20.3. The van der Waals surface area contributed by atoms with Gasteiger partial charge in [0.1, 0.15) is 0 Å². The second-order valence-corrected chi connectivity index (χ2v) is 6.13. The third kappa shape index (κ3) is 2.87. The van der Waals surface area contributed by atoms with Crippen LogP contribution < -0.4 is 17.0 Å². The van der Waals surface area contributed by atoms with Crippen molar-refractivity contribution in [2.24, 2.45) is 0 Å². The Morgan fingerprint density at radius 3 is 2.38 bits per heavy atom. The molecule has 0 saturated heterocycles. The fraction of sp³-hybridized carbons (Fsp3) is 0.312. The molecule has 0 radical (unpaired) electrons. The van der Waals surface area contributed by atoms with Gasteiger partial charge in [0.05, 0.1) is 6.54 Å². The number of nitrogens with two attached hydrogens (primary N) is 2. The van der Waals surface area contributed by atoms with Crippen molar-refractivity contribution in [3.8, 4) is 0 Å². The second-order valence-electron chi connectivity index (χ2n) is 6.13. The molecule has 0 aliphatic carbocycles. The lowest BCUT2D eigenvalue weighted by Crippen LogP contribution is -2.26. The second kappa shape index (κ2) is 6.04. The molecule has 0 amide bonds. The standard InChI is InChI=1S/C16H17F3N6O/c1-8(2)25-12-11(22-14(25)16(17,18)19)13(26)24(15(21)23-12)7-9-5-3-4-6-10(9)20/h3-6,8H,7,20H2,1-2H3,(H2,21,23). The first-order chi connectivity index (χ1) is 12.1. The number of rotatable bonds is 3.